The van der Waals surface area contributed by atoms with Crippen LogP contribution in [0.5, 0.6) is 0 Å². The first kappa shape index (κ1) is 17.6. The highest BCUT2D eigenvalue weighted by Crippen LogP contribution is 2.31. The summed E-state index contributed by atoms with van der Waals surface area (Å²) in [7, 11) is 0. The topological polar surface area (TPSA) is 41.6 Å². The van der Waals surface area contributed by atoms with Gasteiger partial charge in [0.1, 0.15) is 5.60 Å². The first-order valence-electron chi connectivity index (χ1n) is 9.02. The molecule has 3 atom stereocenters. The van der Waals surface area contributed by atoms with E-state index in [0.29, 0.717) is 12.1 Å². The van der Waals surface area contributed by atoms with Crippen molar-refractivity contribution in [2.75, 3.05) is 6.54 Å². The van der Waals surface area contributed by atoms with Gasteiger partial charge in [-0.3, -0.25) is 0 Å². The summed E-state index contributed by atoms with van der Waals surface area (Å²) in [6, 6.07) is 1.13. The quantitative estimate of drug-likeness (QED) is 0.855. The molecular formula is C18H34N2O2. The normalized spacial score (nSPS) is 28.1. The van der Waals surface area contributed by atoms with Gasteiger partial charge in [0, 0.05) is 24.7 Å². The molecule has 3 unspecified atom stereocenters. The van der Waals surface area contributed by atoms with Gasteiger partial charge in [0.2, 0.25) is 0 Å². The molecule has 128 valence electrons. The minimum Gasteiger partial charge on any atom is -0.444 e. The molecule has 22 heavy (non-hydrogen) atoms. The van der Waals surface area contributed by atoms with Crippen molar-refractivity contribution in [1.82, 2.24) is 10.2 Å². The average Bonchev–Trinajstić information content (AvgIpc) is 2.34. The molecule has 1 saturated carbocycles. The van der Waals surface area contributed by atoms with E-state index < -0.39 is 5.60 Å². The number of piperidine rings is 1. The van der Waals surface area contributed by atoms with Gasteiger partial charge in [-0.15, -0.1) is 0 Å². The second-order valence-electron chi connectivity index (χ2n) is 8.26. The Balaban J connectivity index is 1.85. The second kappa shape index (κ2) is 7.20. The lowest BCUT2D eigenvalue weighted by Crippen LogP contribution is -2.57. The van der Waals surface area contributed by atoms with Crippen molar-refractivity contribution in [3.8, 4) is 0 Å². The van der Waals surface area contributed by atoms with Gasteiger partial charge in [-0.05, 0) is 59.8 Å². The minimum absolute atomic E-state index is 0.168. The third-order valence-electron chi connectivity index (χ3n) is 5.03. The standard InChI is InChI=1S/C18H34N2O2/c1-13(12-15-8-6-9-15)19-16-10-7-11-20(14(16)2)17(21)22-18(3,4)5/h13-16,19H,6-12H2,1-5H3. The third kappa shape index (κ3) is 4.87. The van der Waals surface area contributed by atoms with Crippen molar-refractivity contribution in [1.29, 1.82) is 0 Å². The lowest BCUT2D eigenvalue weighted by Gasteiger charge is -2.41. The van der Waals surface area contributed by atoms with Crippen LogP contribution in [0.3, 0.4) is 0 Å². The number of amides is 1. The Morgan fingerprint density at radius 2 is 1.95 bits per heavy atom. The van der Waals surface area contributed by atoms with E-state index in [1.165, 1.54) is 25.7 Å². The van der Waals surface area contributed by atoms with E-state index in [-0.39, 0.29) is 12.1 Å². The van der Waals surface area contributed by atoms with Crippen LogP contribution in [-0.2, 0) is 4.74 Å². The average molecular weight is 310 g/mol. The fourth-order valence-electron chi connectivity index (χ4n) is 3.61. The number of carbonyl (C=O) groups excluding carboxylic acids is 1. The number of hydrogen-bond donors (Lipinski definition) is 1. The highest BCUT2D eigenvalue weighted by molar-refractivity contribution is 5.68. The predicted octanol–water partition coefficient (Wildman–Crippen LogP) is 3.94. The molecule has 1 amide bonds. The SMILES string of the molecule is CC(CC1CCC1)NC1CCCN(C(=O)OC(C)(C)C)C1C. The van der Waals surface area contributed by atoms with E-state index in [0.717, 1.165) is 25.3 Å². The van der Waals surface area contributed by atoms with E-state index in [9.17, 15) is 4.79 Å². The molecule has 2 aliphatic rings. The van der Waals surface area contributed by atoms with Crippen LogP contribution in [0.2, 0.25) is 0 Å². The lowest BCUT2D eigenvalue weighted by molar-refractivity contribution is 0.00613. The summed E-state index contributed by atoms with van der Waals surface area (Å²) in [4.78, 5) is 14.3. The number of carbonyl (C=O) groups is 1. The molecule has 0 spiro atoms. The molecule has 1 N–H and O–H groups in total. The number of ether oxygens (including phenoxy) is 1. The van der Waals surface area contributed by atoms with E-state index in [4.69, 9.17) is 4.74 Å². The molecule has 4 heteroatoms. The van der Waals surface area contributed by atoms with E-state index in [1.807, 2.05) is 25.7 Å². The van der Waals surface area contributed by atoms with Crippen LogP contribution in [0.1, 0.15) is 73.1 Å². The Hall–Kier alpha value is -0.770. The van der Waals surface area contributed by atoms with E-state index >= 15 is 0 Å². The van der Waals surface area contributed by atoms with Crippen LogP contribution >= 0.6 is 0 Å². The molecular weight excluding hydrogens is 276 g/mol. The summed E-state index contributed by atoms with van der Waals surface area (Å²) in [6.45, 7) is 11.0. The van der Waals surface area contributed by atoms with Crippen molar-refractivity contribution in [2.45, 2.75) is 96.9 Å². The fraction of sp³-hybridized carbons (Fsp3) is 0.944. The summed E-state index contributed by atoms with van der Waals surface area (Å²) in [6.07, 6.45) is 7.51. The van der Waals surface area contributed by atoms with Gasteiger partial charge >= 0.3 is 6.09 Å². The van der Waals surface area contributed by atoms with Crippen molar-refractivity contribution in [2.24, 2.45) is 5.92 Å². The summed E-state index contributed by atoms with van der Waals surface area (Å²) in [5.74, 6) is 0.920. The highest BCUT2D eigenvalue weighted by Gasteiger charge is 2.34. The zero-order chi connectivity index (χ0) is 16.3. The number of likely N-dealkylation sites (tertiary alicyclic amines) is 1. The molecule has 1 heterocycles. The Labute approximate surface area is 136 Å². The smallest absolute Gasteiger partial charge is 0.410 e. The van der Waals surface area contributed by atoms with E-state index in [1.54, 1.807) is 0 Å². The molecule has 1 aliphatic carbocycles. The van der Waals surface area contributed by atoms with Crippen molar-refractivity contribution in [3.05, 3.63) is 0 Å². The van der Waals surface area contributed by atoms with Crippen LogP contribution in [0.15, 0.2) is 0 Å². The molecule has 4 nitrogen and oxygen atoms in total. The third-order valence-corrected chi connectivity index (χ3v) is 5.03. The summed E-state index contributed by atoms with van der Waals surface area (Å²) >= 11 is 0. The maximum atomic E-state index is 12.4. The van der Waals surface area contributed by atoms with Crippen LogP contribution in [-0.4, -0.2) is 41.3 Å². The molecule has 0 bridgehead atoms. The van der Waals surface area contributed by atoms with Crippen molar-refractivity contribution < 1.29 is 9.53 Å². The Kier molecular flexibility index (Phi) is 5.76. The van der Waals surface area contributed by atoms with Gasteiger partial charge in [-0.1, -0.05) is 19.3 Å². The summed E-state index contributed by atoms with van der Waals surface area (Å²) in [5, 5.41) is 3.77. The molecule has 0 radical (unpaired) electrons. The molecule has 0 aromatic heterocycles. The highest BCUT2D eigenvalue weighted by atomic mass is 16.6. The number of hydrogen-bond acceptors (Lipinski definition) is 3. The summed E-state index contributed by atoms with van der Waals surface area (Å²) < 4.78 is 5.55. The van der Waals surface area contributed by atoms with Gasteiger partial charge in [-0.2, -0.15) is 0 Å². The van der Waals surface area contributed by atoms with E-state index in [2.05, 4.69) is 19.2 Å². The number of rotatable bonds is 4. The molecule has 2 rings (SSSR count). The zero-order valence-electron chi connectivity index (χ0n) is 15.0. The number of nitrogens with one attached hydrogen (secondary N) is 1. The van der Waals surface area contributed by atoms with Gasteiger partial charge < -0.3 is 15.0 Å². The Bertz CT molecular complexity index is 374. The lowest BCUT2D eigenvalue weighted by atomic mass is 9.81. The molecule has 2 fully saturated rings. The Morgan fingerprint density at radius 1 is 1.27 bits per heavy atom. The van der Waals surface area contributed by atoms with Crippen molar-refractivity contribution in [3.63, 3.8) is 0 Å². The molecule has 1 aliphatic heterocycles. The van der Waals surface area contributed by atoms with Crippen LogP contribution < -0.4 is 5.32 Å². The van der Waals surface area contributed by atoms with Gasteiger partial charge in [-0.25, -0.2) is 4.79 Å². The Morgan fingerprint density at radius 3 is 2.50 bits per heavy atom. The van der Waals surface area contributed by atoms with Gasteiger partial charge in [0.25, 0.3) is 0 Å². The van der Waals surface area contributed by atoms with Crippen LogP contribution in [0.4, 0.5) is 4.79 Å². The van der Waals surface area contributed by atoms with Crippen LogP contribution in [0.25, 0.3) is 0 Å². The molecule has 0 aromatic rings. The fourth-order valence-corrected chi connectivity index (χ4v) is 3.61. The largest absolute Gasteiger partial charge is 0.444 e. The number of nitrogens with zero attached hydrogens (tertiary/aromatic N) is 1. The second-order valence-corrected chi connectivity index (χ2v) is 8.26. The monoisotopic (exact) mass is 310 g/mol. The van der Waals surface area contributed by atoms with Crippen LogP contribution in [0, 0.1) is 5.92 Å². The minimum atomic E-state index is -0.422. The predicted molar refractivity (Wildman–Crippen MR) is 90.0 cm³/mol. The molecule has 1 saturated heterocycles. The zero-order valence-corrected chi connectivity index (χ0v) is 15.0. The van der Waals surface area contributed by atoms with Gasteiger partial charge in [0.05, 0.1) is 0 Å². The maximum absolute atomic E-state index is 12.4. The molecule has 0 aromatic carbocycles. The van der Waals surface area contributed by atoms with Crippen molar-refractivity contribution >= 4 is 6.09 Å². The summed E-state index contributed by atoms with van der Waals surface area (Å²) in [5.41, 5.74) is -0.422. The maximum Gasteiger partial charge on any atom is 0.410 e. The first-order valence-corrected chi connectivity index (χ1v) is 9.02. The first-order chi connectivity index (χ1) is 10.3. The van der Waals surface area contributed by atoms with Gasteiger partial charge in [0.15, 0.2) is 0 Å².